The molecule has 0 fully saturated rings. The van der Waals surface area contributed by atoms with Crippen LogP contribution in [0.1, 0.15) is 5.69 Å². The van der Waals surface area contributed by atoms with E-state index in [9.17, 15) is 21.6 Å². The van der Waals surface area contributed by atoms with Gasteiger partial charge in [-0.2, -0.15) is 18.3 Å². The lowest BCUT2D eigenvalue weighted by molar-refractivity contribution is -0.140. The third kappa shape index (κ3) is 3.04. The number of alkyl halides is 3. The van der Waals surface area contributed by atoms with E-state index in [1.54, 1.807) is 24.3 Å². The second-order valence-electron chi connectivity index (χ2n) is 4.77. The van der Waals surface area contributed by atoms with Gasteiger partial charge in [-0.05, 0) is 17.5 Å². The van der Waals surface area contributed by atoms with Crippen LogP contribution >= 0.6 is 11.3 Å². The molecule has 0 saturated carbocycles. The molecule has 23 heavy (non-hydrogen) atoms. The summed E-state index contributed by atoms with van der Waals surface area (Å²) < 4.78 is 67.0. The number of benzene rings is 1. The molecule has 0 spiro atoms. The van der Waals surface area contributed by atoms with Gasteiger partial charge in [0.25, 0.3) is 10.0 Å². The molecule has 1 aromatic carbocycles. The SMILES string of the molecule is Cn1cc(NS(=O)(=O)c2cc3ccccc3s2)c(C(F)(F)F)n1. The van der Waals surface area contributed by atoms with Crippen molar-refractivity contribution in [2.45, 2.75) is 10.4 Å². The lowest BCUT2D eigenvalue weighted by Crippen LogP contribution is -2.15. The lowest BCUT2D eigenvalue weighted by atomic mass is 10.3. The summed E-state index contributed by atoms with van der Waals surface area (Å²) in [6, 6.07) is 8.40. The zero-order chi connectivity index (χ0) is 16.8. The molecule has 3 rings (SSSR count). The van der Waals surface area contributed by atoms with E-state index in [-0.39, 0.29) is 4.21 Å². The number of fused-ring (bicyclic) bond motifs is 1. The van der Waals surface area contributed by atoms with Gasteiger partial charge in [-0.3, -0.25) is 9.40 Å². The number of aryl methyl sites for hydroxylation is 1. The Balaban J connectivity index is 2.02. The van der Waals surface area contributed by atoms with Gasteiger partial charge in [0, 0.05) is 17.9 Å². The first-order chi connectivity index (χ1) is 10.7. The van der Waals surface area contributed by atoms with Crippen LogP contribution in [-0.4, -0.2) is 18.2 Å². The lowest BCUT2D eigenvalue weighted by Gasteiger charge is -2.08. The molecule has 1 N–H and O–H groups in total. The van der Waals surface area contributed by atoms with Crippen LogP contribution in [0.4, 0.5) is 18.9 Å². The fourth-order valence-corrected chi connectivity index (χ4v) is 4.51. The average Bonchev–Trinajstić information content (AvgIpc) is 3.01. The summed E-state index contributed by atoms with van der Waals surface area (Å²) in [6.07, 6.45) is -3.77. The summed E-state index contributed by atoms with van der Waals surface area (Å²) in [4.78, 5) is 0. The molecule has 0 aliphatic rings. The number of sulfonamides is 1. The molecule has 10 heteroatoms. The zero-order valence-electron chi connectivity index (χ0n) is 11.6. The molecule has 0 bridgehead atoms. The summed E-state index contributed by atoms with van der Waals surface area (Å²) >= 11 is 0.985. The molecule has 2 heterocycles. The maximum Gasteiger partial charge on any atom is 0.437 e. The van der Waals surface area contributed by atoms with Gasteiger partial charge >= 0.3 is 6.18 Å². The number of hydrogen-bond acceptors (Lipinski definition) is 4. The first-order valence-electron chi connectivity index (χ1n) is 6.29. The number of rotatable bonds is 3. The molecule has 0 aliphatic carbocycles. The number of anilines is 1. The summed E-state index contributed by atoms with van der Waals surface area (Å²) in [5, 5.41) is 3.98. The quantitative estimate of drug-likeness (QED) is 0.777. The van der Waals surface area contributed by atoms with Crippen molar-refractivity contribution in [3.63, 3.8) is 0 Å². The Kier molecular flexibility index (Phi) is 3.60. The van der Waals surface area contributed by atoms with E-state index in [0.29, 0.717) is 5.39 Å². The van der Waals surface area contributed by atoms with Gasteiger partial charge < -0.3 is 0 Å². The van der Waals surface area contributed by atoms with Crippen LogP contribution in [-0.2, 0) is 23.2 Å². The van der Waals surface area contributed by atoms with Crippen molar-refractivity contribution in [3.8, 4) is 0 Å². The van der Waals surface area contributed by atoms with Crippen molar-refractivity contribution in [2.75, 3.05) is 4.72 Å². The Morgan fingerprint density at radius 2 is 1.96 bits per heavy atom. The first-order valence-corrected chi connectivity index (χ1v) is 8.59. The minimum Gasteiger partial charge on any atom is -0.275 e. The highest BCUT2D eigenvalue weighted by molar-refractivity contribution is 7.94. The van der Waals surface area contributed by atoms with Gasteiger partial charge in [0.1, 0.15) is 4.21 Å². The largest absolute Gasteiger partial charge is 0.437 e. The highest BCUT2D eigenvalue weighted by atomic mass is 32.2. The van der Waals surface area contributed by atoms with Crippen molar-refractivity contribution in [3.05, 3.63) is 42.2 Å². The minimum atomic E-state index is -4.75. The topological polar surface area (TPSA) is 64.0 Å². The van der Waals surface area contributed by atoms with E-state index >= 15 is 0 Å². The molecule has 0 unspecified atom stereocenters. The summed E-state index contributed by atoms with van der Waals surface area (Å²) in [5.41, 5.74) is -1.87. The van der Waals surface area contributed by atoms with E-state index in [0.717, 1.165) is 26.9 Å². The Labute approximate surface area is 133 Å². The summed E-state index contributed by atoms with van der Waals surface area (Å²) in [5.74, 6) is 0. The van der Waals surface area contributed by atoms with Gasteiger partial charge in [0.15, 0.2) is 5.69 Å². The van der Waals surface area contributed by atoms with Crippen molar-refractivity contribution in [1.82, 2.24) is 9.78 Å². The Morgan fingerprint density at radius 1 is 1.26 bits per heavy atom. The van der Waals surface area contributed by atoms with Crippen LogP contribution in [0.2, 0.25) is 0 Å². The fourth-order valence-electron chi connectivity index (χ4n) is 2.06. The van der Waals surface area contributed by atoms with E-state index in [4.69, 9.17) is 0 Å². The molecule has 5 nitrogen and oxygen atoms in total. The van der Waals surface area contributed by atoms with E-state index in [1.807, 2.05) is 4.72 Å². The van der Waals surface area contributed by atoms with Gasteiger partial charge in [0.05, 0.1) is 5.69 Å². The van der Waals surface area contributed by atoms with E-state index in [1.165, 1.54) is 13.1 Å². The number of hydrogen-bond donors (Lipinski definition) is 1. The van der Waals surface area contributed by atoms with Crippen LogP contribution in [0.5, 0.6) is 0 Å². The molecule has 0 amide bonds. The van der Waals surface area contributed by atoms with Crippen molar-refractivity contribution in [1.29, 1.82) is 0 Å². The molecule has 0 aliphatic heterocycles. The molecule has 0 atom stereocenters. The highest BCUT2D eigenvalue weighted by Gasteiger charge is 2.38. The van der Waals surface area contributed by atoms with Crippen molar-refractivity contribution in [2.24, 2.45) is 7.05 Å². The third-order valence-electron chi connectivity index (χ3n) is 3.01. The molecule has 2 aromatic heterocycles. The third-order valence-corrected chi connectivity index (χ3v) is 5.96. The maximum absolute atomic E-state index is 12.9. The summed E-state index contributed by atoms with van der Waals surface area (Å²) in [6.45, 7) is 0. The minimum absolute atomic E-state index is 0.0596. The zero-order valence-corrected chi connectivity index (χ0v) is 13.3. The number of aromatic nitrogens is 2. The van der Waals surface area contributed by atoms with Crippen LogP contribution in [0.15, 0.2) is 40.7 Å². The second kappa shape index (κ2) is 5.24. The molecule has 3 aromatic rings. The van der Waals surface area contributed by atoms with Crippen LogP contribution in [0, 0.1) is 0 Å². The van der Waals surface area contributed by atoms with E-state index < -0.39 is 27.6 Å². The maximum atomic E-state index is 12.9. The molecular weight excluding hydrogens is 351 g/mol. The molecule has 122 valence electrons. The monoisotopic (exact) mass is 361 g/mol. The van der Waals surface area contributed by atoms with Crippen molar-refractivity contribution >= 4 is 37.1 Å². The number of nitrogens with zero attached hydrogens (tertiary/aromatic N) is 2. The fraction of sp³-hybridized carbons (Fsp3) is 0.154. The van der Waals surface area contributed by atoms with Crippen LogP contribution in [0.25, 0.3) is 10.1 Å². The van der Waals surface area contributed by atoms with Crippen LogP contribution < -0.4 is 4.72 Å². The smallest absolute Gasteiger partial charge is 0.275 e. The first kappa shape index (κ1) is 15.8. The highest BCUT2D eigenvalue weighted by Crippen LogP contribution is 2.35. The van der Waals surface area contributed by atoms with Crippen molar-refractivity contribution < 1.29 is 21.6 Å². The normalized spacial score (nSPS) is 12.7. The predicted molar refractivity (Wildman–Crippen MR) is 80.8 cm³/mol. The van der Waals surface area contributed by atoms with Gasteiger partial charge in [-0.15, -0.1) is 11.3 Å². The molecule has 0 radical (unpaired) electrons. The van der Waals surface area contributed by atoms with Gasteiger partial charge in [-0.1, -0.05) is 18.2 Å². The second-order valence-corrected chi connectivity index (χ2v) is 7.76. The average molecular weight is 361 g/mol. The number of nitrogens with one attached hydrogen (secondary N) is 1. The summed E-state index contributed by atoms with van der Waals surface area (Å²) in [7, 11) is -2.85. The standard InChI is InChI=1S/C13H10F3N3O2S2/c1-19-7-9(12(17-19)13(14,15)16)18-23(20,21)11-6-8-4-2-3-5-10(8)22-11/h2-7,18H,1H3. The van der Waals surface area contributed by atoms with E-state index in [2.05, 4.69) is 5.10 Å². The molecule has 0 saturated heterocycles. The number of thiophene rings is 1. The molecular formula is C13H10F3N3O2S2. The van der Waals surface area contributed by atoms with Crippen LogP contribution in [0.3, 0.4) is 0 Å². The van der Waals surface area contributed by atoms with Gasteiger partial charge in [-0.25, -0.2) is 8.42 Å². The Hall–Kier alpha value is -2.07. The number of halogens is 3. The van der Waals surface area contributed by atoms with Gasteiger partial charge in [0.2, 0.25) is 0 Å². The Morgan fingerprint density at radius 3 is 2.61 bits per heavy atom. The Bertz CT molecular complexity index is 941. The predicted octanol–water partition coefficient (Wildman–Crippen LogP) is 3.45.